The molecule has 0 saturated heterocycles. The predicted molar refractivity (Wildman–Crippen MR) is 140 cm³/mol. The summed E-state index contributed by atoms with van der Waals surface area (Å²) in [4.78, 5) is 26.7. The molecule has 0 aromatic heterocycles. The molecule has 1 aromatic rings. The number of rotatable bonds is 4. The van der Waals surface area contributed by atoms with E-state index in [4.69, 9.17) is 0 Å². The Morgan fingerprint density at radius 2 is 1.89 bits per heavy atom. The lowest BCUT2D eigenvalue weighted by Gasteiger charge is -2.54. The summed E-state index contributed by atoms with van der Waals surface area (Å²) in [5.41, 5.74) is 4.64. The van der Waals surface area contributed by atoms with Gasteiger partial charge in [0.2, 0.25) is 0 Å². The van der Waals surface area contributed by atoms with Crippen molar-refractivity contribution in [2.24, 2.45) is 22.7 Å². The van der Waals surface area contributed by atoms with Gasteiger partial charge in [-0.2, -0.15) is 0 Å². The quantitative estimate of drug-likeness (QED) is 0.467. The second-order valence-corrected chi connectivity index (χ2v) is 12.5. The fourth-order valence-corrected chi connectivity index (χ4v) is 8.65. The summed E-state index contributed by atoms with van der Waals surface area (Å²) in [7, 11) is -1.02. The maximum Gasteiger partial charge on any atom is 0.156 e. The molecule has 35 heavy (non-hydrogen) atoms. The Morgan fingerprint density at radius 1 is 1.14 bits per heavy atom. The van der Waals surface area contributed by atoms with E-state index in [2.05, 4.69) is 30.9 Å². The lowest BCUT2D eigenvalue weighted by molar-refractivity contribution is -0.132. The average Bonchev–Trinajstić information content (AvgIpc) is 3.15. The molecule has 0 heterocycles. The van der Waals surface area contributed by atoms with Crippen molar-refractivity contribution < 1.29 is 13.8 Å². The van der Waals surface area contributed by atoms with Gasteiger partial charge in [-0.25, -0.2) is 0 Å². The summed E-state index contributed by atoms with van der Waals surface area (Å²) < 4.78 is 12.1. The number of carbonyl (C=O) groups excluding carboxylic acids is 2. The lowest BCUT2D eigenvalue weighted by atomic mass is 9.48. The number of hydrogen-bond acceptors (Lipinski definition) is 3. The molecular formula is C31H36O3S. The van der Waals surface area contributed by atoms with Crippen molar-refractivity contribution in [1.82, 2.24) is 0 Å². The number of ketones is 2. The second kappa shape index (κ2) is 9.00. The van der Waals surface area contributed by atoms with Crippen molar-refractivity contribution >= 4 is 22.4 Å². The Kier molecular flexibility index (Phi) is 6.29. The minimum Gasteiger partial charge on any atom is -0.298 e. The van der Waals surface area contributed by atoms with E-state index >= 15 is 0 Å². The van der Waals surface area contributed by atoms with Crippen LogP contribution < -0.4 is 0 Å². The zero-order valence-corrected chi connectivity index (χ0v) is 22.2. The molecule has 0 bridgehead atoms. The van der Waals surface area contributed by atoms with E-state index in [-0.39, 0.29) is 17.1 Å². The van der Waals surface area contributed by atoms with E-state index in [9.17, 15) is 13.8 Å². The van der Waals surface area contributed by atoms with E-state index in [0.717, 1.165) is 43.4 Å². The Hall–Kier alpha value is -2.25. The van der Waals surface area contributed by atoms with Crippen molar-refractivity contribution in [3.63, 3.8) is 0 Å². The molecule has 2 saturated carbocycles. The molecule has 0 radical (unpaired) electrons. The highest BCUT2D eigenvalue weighted by Crippen LogP contribution is 2.69. The molecule has 0 aliphatic heterocycles. The van der Waals surface area contributed by atoms with Crippen LogP contribution in [0.25, 0.3) is 0 Å². The van der Waals surface area contributed by atoms with Crippen LogP contribution in [0.5, 0.6) is 0 Å². The summed E-state index contributed by atoms with van der Waals surface area (Å²) in [6.07, 6.45) is 10.3. The minimum atomic E-state index is -1.02. The number of benzene rings is 1. The first kappa shape index (κ1) is 24.4. The molecular weight excluding hydrogens is 452 g/mol. The van der Waals surface area contributed by atoms with E-state index < -0.39 is 16.2 Å². The van der Waals surface area contributed by atoms with Crippen LogP contribution in [-0.2, 0) is 20.4 Å². The van der Waals surface area contributed by atoms with Gasteiger partial charge < -0.3 is 0 Å². The fraction of sp³-hybridized carbons (Fsp3) is 0.548. The summed E-state index contributed by atoms with van der Waals surface area (Å²) >= 11 is 0. The van der Waals surface area contributed by atoms with Gasteiger partial charge in [0.25, 0.3) is 0 Å². The highest BCUT2D eigenvalue weighted by molar-refractivity contribution is 7.84. The summed E-state index contributed by atoms with van der Waals surface area (Å²) in [6, 6.07) is 8.28. The fourth-order valence-electron chi connectivity index (χ4n) is 8.13. The summed E-state index contributed by atoms with van der Waals surface area (Å²) in [5, 5.41) is 0. The van der Waals surface area contributed by atoms with Crippen molar-refractivity contribution in [3.05, 3.63) is 52.6 Å². The maximum absolute atomic E-state index is 13.6. The van der Waals surface area contributed by atoms with E-state index in [1.165, 1.54) is 22.3 Å². The van der Waals surface area contributed by atoms with E-state index in [1.54, 1.807) is 6.26 Å². The lowest BCUT2D eigenvalue weighted by Crippen LogP contribution is -2.50. The highest BCUT2D eigenvalue weighted by Gasteiger charge is 2.65. The number of carbonyl (C=O) groups is 2. The Bertz CT molecular complexity index is 1220. The van der Waals surface area contributed by atoms with E-state index in [1.807, 2.05) is 32.1 Å². The highest BCUT2D eigenvalue weighted by atomic mass is 32.2. The first-order valence-electron chi connectivity index (χ1n) is 13.1. The van der Waals surface area contributed by atoms with Gasteiger partial charge in [0.15, 0.2) is 11.6 Å². The molecule has 6 atom stereocenters. The van der Waals surface area contributed by atoms with Crippen molar-refractivity contribution in [2.75, 3.05) is 6.26 Å². The van der Waals surface area contributed by atoms with Crippen molar-refractivity contribution in [1.29, 1.82) is 0 Å². The summed E-state index contributed by atoms with van der Waals surface area (Å²) in [5.74, 6) is 8.23. The number of allylic oxidation sites excluding steroid dienone is 4. The van der Waals surface area contributed by atoms with Crippen molar-refractivity contribution in [3.8, 4) is 11.8 Å². The molecule has 3 nitrogen and oxygen atoms in total. The van der Waals surface area contributed by atoms with Gasteiger partial charge in [0.1, 0.15) is 0 Å². The van der Waals surface area contributed by atoms with Gasteiger partial charge in [-0.3, -0.25) is 13.8 Å². The first-order chi connectivity index (χ1) is 16.8. The molecule has 2 fully saturated rings. The Balaban J connectivity index is 1.70. The topological polar surface area (TPSA) is 51.2 Å². The number of Topliss-reactive ketones (excluding diaryl/α,β-unsaturated/α-hetero) is 1. The zero-order valence-electron chi connectivity index (χ0n) is 21.4. The molecule has 184 valence electrons. The molecule has 5 rings (SSSR count). The van der Waals surface area contributed by atoms with Gasteiger partial charge in [0, 0.05) is 40.7 Å². The van der Waals surface area contributed by atoms with E-state index in [0.29, 0.717) is 30.5 Å². The van der Waals surface area contributed by atoms with Crippen molar-refractivity contribution in [2.45, 2.75) is 83.0 Å². The third-order valence-electron chi connectivity index (χ3n) is 9.68. The third-order valence-corrected chi connectivity index (χ3v) is 10.6. The molecule has 4 aliphatic carbocycles. The largest absolute Gasteiger partial charge is 0.298 e. The normalized spacial score (nSPS) is 34.7. The standard InChI is InChI=1S/C31H36O3S/c1-5-16-31(28(33)6-2)17-15-27-25-13-9-21-18-22(32)10-14-24(21)29(25)26(19-30(27,31)3)20-7-11-23(12-8-20)35(4)34/h7-8,11-12,18,25-27H,6,9-10,13-15,17,19H2,1-4H3/t25-,26+,27-,30-,31+,35?/m0/s1. The third kappa shape index (κ3) is 3.65. The molecule has 0 spiro atoms. The molecule has 4 heteroatoms. The van der Waals surface area contributed by atoms with Crippen LogP contribution >= 0.6 is 0 Å². The van der Waals surface area contributed by atoms with Crippen LogP contribution in [0.4, 0.5) is 0 Å². The van der Waals surface area contributed by atoms with Crippen LogP contribution in [0.3, 0.4) is 0 Å². The first-order valence-corrected chi connectivity index (χ1v) is 14.7. The summed E-state index contributed by atoms with van der Waals surface area (Å²) in [6.45, 7) is 6.20. The number of hydrogen-bond donors (Lipinski definition) is 0. The zero-order chi connectivity index (χ0) is 25.0. The molecule has 0 amide bonds. The van der Waals surface area contributed by atoms with Crippen LogP contribution in [-0.4, -0.2) is 22.0 Å². The monoisotopic (exact) mass is 488 g/mol. The molecule has 1 unspecified atom stereocenters. The SMILES string of the molecule is CC#C[C@]1(C(=O)CC)CC[C@H]2[C@@H]3CCC4=CC(=O)CCC4=C3[C@@H](c3ccc(S(C)=O)cc3)C[C@@]21C. The van der Waals surface area contributed by atoms with Gasteiger partial charge >= 0.3 is 0 Å². The van der Waals surface area contributed by atoms with Crippen LogP contribution in [0.15, 0.2) is 52.0 Å². The Labute approximate surface area is 212 Å². The van der Waals surface area contributed by atoms with Gasteiger partial charge in [-0.05, 0) is 97.6 Å². The van der Waals surface area contributed by atoms with Gasteiger partial charge in [0.05, 0.1) is 5.41 Å². The van der Waals surface area contributed by atoms with Gasteiger partial charge in [-0.15, -0.1) is 5.92 Å². The van der Waals surface area contributed by atoms with Crippen LogP contribution in [0, 0.1) is 34.5 Å². The Morgan fingerprint density at radius 3 is 2.54 bits per heavy atom. The maximum atomic E-state index is 13.6. The minimum absolute atomic E-state index is 0.188. The number of fused-ring (bicyclic) bond motifs is 4. The molecule has 0 N–H and O–H groups in total. The smallest absolute Gasteiger partial charge is 0.156 e. The molecule has 1 aromatic carbocycles. The van der Waals surface area contributed by atoms with Crippen LogP contribution in [0.2, 0.25) is 0 Å². The van der Waals surface area contributed by atoms with Crippen LogP contribution in [0.1, 0.15) is 83.6 Å². The average molecular weight is 489 g/mol. The second-order valence-electron chi connectivity index (χ2n) is 11.1. The predicted octanol–water partition coefficient (Wildman–Crippen LogP) is 6.31. The molecule has 4 aliphatic rings. The van der Waals surface area contributed by atoms with Gasteiger partial charge in [-0.1, -0.05) is 37.5 Å².